The monoisotopic (exact) mass is 297 g/mol. The van der Waals surface area contributed by atoms with Crippen LogP contribution in [0.2, 0.25) is 10.0 Å². The zero-order valence-electron chi connectivity index (χ0n) is 11.0. The van der Waals surface area contributed by atoms with E-state index in [0.717, 1.165) is 23.5 Å². The molecule has 0 amide bonds. The second kappa shape index (κ2) is 6.42. The Balaban J connectivity index is 2.14. The van der Waals surface area contributed by atoms with Crippen LogP contribution in [0.1, 0.15) is 26.1 Å². The standard InChI is InChI=1S/C14H17Cl2N3/c1-3-9(2)17-8-14-18-7-13(19-14)11-6-10(15)4-5-12(11)16/h4-7,9,17H,3,8H2,1-2H3,(H,18,19). The van der Waals surface area contributed by atoms with Crippen LogP contribution >= 0.6 is 23.2 Å². The van der Waals surface area contributed by atoms with Crippen molar-refractivity contribution < 1.29 is 0 Å². The van der Waals surface area contributed by atoms with Crippen molar-refractivity contribution in [1.29, 1.82) is 0 Å². The van der Waals surface area contributed by atoms with E-state index in [-0.39, 0.29) is 0 Å². The number of nitrogens with one attached hydrogen (secondary N) is 2. The third-order valence-electron chi connectivity index (χ3n) is 3.08. The molecule has 1 aromatic carbocycles. The Morgan fingerprint density at radius 3 is 2.89 bits per heavy atom. The number of benzene rings is 1. The van der Waals surface area contributed by atoms with E-state index in [1.807, 2.05) is 6.07 Å². The minimum atomic E-state index is 0.475. The van der Waals surface area contributed by atoms with Gasteiger partial charge in [-0.05, 0) is 31.5 Å². The summed E-state index contributed by atoms with van der Waals surface area (Å²) in [5.74, 6) is 0.895. The lowest BCUT2D eigenvalue weighted by Crippen LogP contribution is -2.24. The molecule has 2 aromatic rings. The third-order valence-corrected chi connectivity index (χ3v) is 3.64. The molecular weight excluding hydrogens is 281 g/mol. The maximum atomic E-state index is 6.17. The highest BCUT2D eigenvalue weighted by molar-refractivity contribution is 6.35. The molecule has 19 heavy (non-hydrogen) atoms. The molecule has 1 unspecified atom stereocenters. The molecule has 0 aliphatic rings. The fraction of sp³-hybridized carbons (Fsp3) is 0.357. The van der Waals surface area contributed by atoms with Gasteiger partial charge in [0.1, 0.15) is 5.82 Å². The van der Waals surface area contributed by atoms with Gasteiger partial charge < -0.3 is 10.3 Å². The number of halogens is 2. The molecule has 0 saturated carbocycles. The molecule has 102 valence electrons. The molecule has 1 atom stereocenters. The maximum Gasteiger partial charge on any atom is 0.120 e. The average Bonchev–Trinajstić information content (AvgIpc) is 2.87. The van der Waals surface area contributed by atoms with Gasteiger partial charge in [-0.25, -0.2) is 4.98 Å². The molecule has 0 spiro atoms. The molecule has 2 rings (SSSR count). The zero-order valence-corrected chi connectivity index (χ0v) is 12.5. The van der Waals surface area contributed by atoms with E-state index in [9.17, 15) is 0 Å². The summed E-state index contributed by atoms with van der Waals surface area (Å²) in [5, 5.41) is 4.71. The molecule has 1 heterocycles. The van der Waals surface area contributed by atoms with Gasteiger partial charge in [0.2, 0.25) is 0 Å². The van der Waals surface area contributed by atoms with Crippen LogP contribution in [-0.2, 0) is 6.54 Å². The van der Waals surface area contributed by atoms with Crippen molar-refractivity contribution >= 4 is 23.2 Å². The lowest BCUT2D eigenvalue weighted by atomic mass is 10.2. The predicted octanol–water partition coefficient (Wildman–Crippen LogP) is 4.27. The number of hydrogen-bond donors (Lipinski definition) is 2. The summed E-state index contributed by atoms with van der Waals surface area (Å²) in [5.41, 5.74) is 1.75. The Morgan fingerprint density at radius 2 is 2.16 bits per heavy atom. The Labute approximate surface area is 123 Å². The highest BCUT2D eigenvalue weighted by atomic mass is 35.5. The lowest BCUT2D eigenvalue weighted by molar-refractivity contribution is 0.525. The topological polar surface area (TPSA) is 40.7 Å². The summed E-state index contributed by atoms with van der Waals surface area (Å²) in [4.78, 5) is 7.61. The number of rotatable bonds is 5. The number of nitrogens with zero attached hydrogens (tertiary/aromatic N) is 1. The predicted molar refractivity (Wildman–Crippen MR) is 80.6 cm³/mol. The fourth-order valence-corrected chi connectivity index (χ4v) is 2.10. The Morgan fingerprint density at radius 1 is 1.37 bits per heavy atom. The van der Waals surface area contributed by atoms with Gasteiger partial charge >= 0.3 is 0 Å². The number of aromatic nitrogens is 2. The van der Waals surface area contributed by atoms with Gasteiger partial charge in [0.25, 0.3) is 0 Å². The molecule has 0 aliphatic heterocycles. The average molecular weight is 298 g/mol. The van der Waals surface area contributed by atoms with E-state index in [2.05, 4.69) is 29.1 Å². The van der Waals surface area contributed by atoms with Crippen molar-refractivity contribution in [1.82, 2.24) is 15.3 Å². The van der Waals surface area contributed by atoms with Crippen LogP contribution in [0.4, 0.5) is 0 Å². The maximum absolute atomic E-state index is 6.17. The largest absolute Gasteiger partial charge is 0.341 e. The molecule has 3 nitrogen and oxygen atoms in total. The first-order chi connectivity index (χ1) is 9.10. The molecule has 0 aliphatic carbocycles. The van der Waals surface area contributed by atoms with E-state index < -0.39 is 0 Å². The van der Waals surface area contributed by atoms with E-state index in [0.29, 0.717) is 22.6 Å². The van der Waals surface area contributed by atoms with Gasteiger partial charge in [-0.3, -0.25) is 0 Å². The SMILES string of the molecule is CCC(C)NCc1ncc(-c2cc(Cl)ccc2Cl)[nH]1. The molecule has 5 heteroatoms. The van der Waals surface area contributed by atoms with Crippen LogP contribution in [0.15, 0.2) is 24.4 Å². The summed E-state index contributed by atoms with van der Waals surface area (Å²) < 4.78 is 0. The Hall–Kier alpha value is -1.03. The van der Waals surface area contributed by atoms with Crippen LogP contribution in [0.25, 0.3) is 11.3 Å². The summed E-state index contributed by atoms with van der Waals surface area (Å²) in [6, 6.07) is 5.87. The lowest BCUT2D eigenvalue weighted by Gasteiger charge is -2.09. The molecule has 0 bridgehead atoms. The van der Waals surface area contributed by atoms with Crippen LogP contribution < -0.4 is 5.32 Å². The fourth-order valence-electron chi connectivity index (χ4n) is 1.71. The van der Waals surface area contributed by atoms with Crippen LogP contribution in [0.5, 0.6) is 0 Å². The summed E-state index contributed by atoms with van der Waals surface area (Å²) >= 11 is 12.2. The third kappa shape index (κ3) is 3.72. The quantitative estimate of drug-likeness (QED) is 0.865. The van der Waals surface area contributed by atoms with Gasteiger partial charge in [-0.15, -0.1) is 0 Å². The number of hydrogen-bond acceptors (Lipinski definition) is 2. The van der Waals surface area contributed by atoms with Crippen molar-refractivity contribution in [3.8, 4) is 11.3 Å². The number of aromatic amines is 1. The molecule has 0 radical (unpaired) electrons. The highest BCUT2D eigenvalue weighted by Crippen LogP contribution is 2.29. The van der Waals surface area contributed by atoms with E-state index in [1.54, 1.807) is 18.3 Å². The first kappa shape index (κ1) is 14.4. The van der Waals surface area contributed by atoms with Gasteiger partial charge in [-0.1, -0.05) is 30.1 Å². The van der Waals surface area contributed by atoms with E-state index in [4.69, 9.17) is 23.2 Å². The molecule has 2 N–H and O–H groups in total. The van der Waals surface area contributed by atoms with Gasteiger partial charge in [-0.2, -0.15) is 0 Å². The first-order valence-electron chi connectivity index (χ1n) is 6.32. The van der Waals surface area contributed by atoms with Crippen molar-refractivity contribution in [2.24, 2.45) is 0 Å². The zero-order chi connectivity index (χ0) is 13.8. The van der Waals surface area contributed by atoms with Crippen molar-refractivity contribution in [3.05, 3.63) is 40.3 Å². The van der Waals surface area contributed by atoms with Crippen LogP contribution in [0.3, 0.4) is 0 Å². The second-order valence-corrected chi connectivity index (χ2v) is 5.40. The normalized spacial score (nSPS) is 12.6. The molecule has 0 fully saturated rings. The first-order valence-corrected chi connectivity index (χ1v) is 7.08. The van der Waals surface area contributed by atoms with Crippen molar-refractivity contribution in [2.75, 3.05) is 0 Å². The van der Waals surface area contributed by atoms with Crippen LogP contribution in [-0.4, -0.2) is 16.0 Å². The minimum absolute atomic E-state index is 0.475. The van der Waals surface area contributed by atoms with Gasteiger partial charge in [0, 0.05) is 16.6 Å². The molecular formula is C14H17Cl2N3. The number of H-pyrrole nitrogens is 1. The highest BCUT2D eigenvalue weighted by Gasteiger charge is 2.08. The van der Waals surface area contributed by atoms with Crippen LogP contribution in [0, 0.1) is 0 Å². The summed E-state index contributed by atoms with van der Waals surface area (Å²) in [6.07, 6.45) is 2.87. The second-order valence-electron chi connectivity index (χ2n) is 4.56. The van der Waals surface area contributed by atoms with Crippen molar-refractivity contribution in [3.63, 3.8) is 0 Å². The Bertz CT molecular complexity index is 551. The molecule has 0 saturated heterocycles. The summed E-state index contributed by atoms with van der Waals surface area (Å²) in [7, 11) is 0. The Kier molecular flexibility index (Phi) is 4.86. The number of imidazole rings is 1. The van der Waals surface area contributed by atoms with Gasteiger partial charge in [0.05, 0.1) is 23.5 Å². The molecule has 1 aromatic heterocycles. The van der Waals surface area contributed by atoms with E-state index in [1.165, 1.54) is 0 Å². The summed E-state index contributed by atoms with van der Waals surface area (Å²) in [6.45, 7) is 5.02. The van der Waals surface area contributed by atoms with Crippen molar-refractivity contribution in [2.45, 2.75) is 32.9 Å². The van der Waals surface area contributed by atoms with E-state index >= 15 is 0 Å². The van der Waals surface area contributed by atoms with Gasteiger partial charge in [0.15, 0.2) is 0 Å². The smallest absolute Gasteiger partial charge is 0.120 e. The minimum Gasteiger partial charge on any atom is -0.341 e.